The highest BCUT2D eigenvalue weighted by Gasteiger charge is 2.04. The number of alkyl halides is 2. The molecule has 0 aromatic carbocycles. The molecule has 0 radical (unpaired) electrons. The van der Waals surface area contributed by atoms with Crippen LogP contribution >= 0.6 is 15.9 Å². The van der Waals surface area contributed by atoms with E-state index in [1.165, 1.54) is 0 Å². The summed E-state index contributed by atoms with van der Waals surface area (Å²) in [6.07, 6.45) is -0.250. The highest BCUT2D eigenvalue weighted by atomic mass is 79.9. The molecule has 1 heterocycles. The highest BCUT2D eigenvalue weighted by molar-refractivity contribution is 9.10. The monoisotopic (exact) mass is 253 g/mol. The SMILES string of the molecule is Nc1nn(CCCC(F)F)cc1Br. The summed E-state index contributed by atoms with van der Waals surface area (Å²) in [5.74, 6) is 0.386. The Morgan fingerprint density at radius 1 is 1.62 bits per heavy atom. The van der Waals surface area contributed by atoms with Gasteiger partial charge < -0.3 is 5.73 Å². The molecule has 0 saturated heterocycles. The van der Waals surface area contributed by atoms with Crippen LogP contribution in [0, 0.1) is 0 Å². The van der Waals surface area contributed by atoms with Crippen LogP contribution in [0.15, 0.2) is 10.7 Å². The fraction of sp³-hybridized carbons (Fsp3) is 0.571. The van der Waals surface area contributed by atoms with E-state index in [1.54, 1.807) is 10.9 Å². The molecule has 0 aliphatic rings. The highest BCUT2D eigenvalue weighted by Crippen LogP contribution is 2.16. The number of hydrogen-bond donors (Lipinski definition) is 1. The Balaban J connectivity index is 2.37. The molecule has 1 aromatic heterocycles. The maximum atomic E-state index is 11.8. The summed E-state index contributed by atoms with van der Waals surface area (Å²) in [6, 6.07) is 0. The number of anilines is 1. The van der Waals surface area contributed by atoms with Crippen molar-refractivity contribution in [2.45, 2.75) is 25.8 Å². The van der Waals surface area contributed by atoms with Gasteiger partial charge in [0.1, 0.15) is 0 Å². The molecule has 74 valence electrons. The molecule has 0 unspecified atom stereocenters. The molecule has 0 bridgehead atoms. The number of aryl methyl sites for hydroxylation is 1. The Kier molecular flexibility index (Phi) is 3.65. The second-order valence-electron chi connectivity index (χ2n) is 2.66. The molecule has 0 aliphatic heterocycles. The third kappa shape index (κ3) is 3.30. The number of rotatable bonds is 4. The lowest BCUT2D eigenvalue weighted by atomic mass is 10.3. The van der Waals surface area contributed by atoms with E-state index in [2.05, 4.69) is 21.0 Å². The van der Waals surface area contributed by atoms with Crippen molar-refractivity contribution in [1.29, 1.82) is 0 Å². The van der Waals surface area contributed by atoms with Gasteiger partial charge in [0.25, 0.3) is 0 Å². The Morgan fingerprint density at radius 2 is 2.31 bits per heavy atom. The van der Waals surface area contributed by atoms with E-state index in [0.29, 0.717) is 23.3 Å². The summed E-state index contributed by atoms with van der Waals surface area (Å²) < 4.78 is 25.8. The number of nitrogen functional groups attached to an aromatic ring is 1. The van der Waals surface area contributed by atoms with Crippen molar-refractivity contribution in [2.24, 2.45) is 0 Å². The summed E-state index contributed by atoms with van der Waals surface area (Å²) >= 11 is 3.18. The topological polar surface area (TPSA) is 43.8 Å². The number of halogens is 3. The first-order valence-electron chi connectivity index (χ1n) is 3.86. The van der Waals surface area contributed by atoms with Crippen molar-refractivity contribution < 1.29 is 8.78 Å². The van der Waals surface area contributed by atoms with Gasteiger partial charge in [0.05, 0.1) is 4.47 Å². The van der Waals surface area contributed by atoms with Crippen molar-refractivity contribution in [2.75, 3.05) is 5.73 Å². The van der Waals surface area contributed by atoms with Crippen LogP contribution in [-0.4, -0.2) is 16.2 Å². The minimum absolute atomic E-state index is 0.0998. The molecule has 1 rings (SSSR count). The number of hydrogen-bond acceptors (Lipinski definition) is 2. The van der Waals surface area contributed by atoms with Crippen molar-refractivity contribution in [1.82, 2.24) is 9.78 Å². The van der Waals surface area contributed by atoms with Crippen LogP contribution in [0.25, 0.3) is 0 Å². The lowest BCUT2D eigenvalue weighted by molar-refractivity contribution is 0.132. The molecule has 0 spiro atoms. The second-order valence-corrected chi connectivity index (χ2v) is 3.51. The van der Waals surface area contributed by atoms with Crippen molar-refractivity contribution in [3.63, 3.8) is 0 Å². The van der Waals surface area contributed by atoms with Gasteiger partial charge in [-0.25, -0.2) is 8.78 Å². The molecule has 0 aliphatic carbocycles. The third-order valence-corrected chi connectivity index (χ3v) is 2.16. The molecule has 13 heavy (non-hydrogen) atoms. The first-order valence-corrected chi connectivity index (χ1v) is 4.65. The Bertz CT molecular complexity index is 255. The molecule has 0 fully saturated rings. The van der Waals surface area contributed by atoms with E-state index in [0.717, 1.165) is 0 Å². The lowest BCUT2D eigenvalue weighted by Gasteiger charge is -1.99. The van der Waals surface area contributed by atoms with E-state index in [-0.39, 0.29) is 6.42 Å². The summed E-state index contributed by atoms with van der Waals surface area (Å²) in [5, 5.41) is 3.91. The van der Waals surface area contributed by atoms with E-state index >= 15 is 0 Å². The standard InChI is InChI=1S/C7H10BrF2N3/c8-5-4-13(12-7(5)11)3-1-2-6(9)10/h4,6H,1-3H2,(H2,11,12). The molecule has 2 N–H and O–H groups in total. The minimum atomic E-state index is -2.24. The quantitative estimate of drug-likeness (QED) is 0.895. The third-order valence-electron chi connectivity index (χ3n) is 1.55. The minimum Gasteiger partial charge on any atom is -0.381 e. The van der Waals surface area contributed by atoms with Crippen molar-refractivity contribution >= 4 is 21.7 Å². The largest absolute Gasteiger partial charge is 0.381 e. The zero-order valence-electron chi connectivity index (χ0n) is 6.88. The Labute approximate surface area is 83.0 Å². The molecular formula is C7H10BrF2N3. The fourth-order valence-electron chi connectivity index (χ4n) is 0.934. The first-order chi connectivity index (χ1) is 6.09. The molecular weight excluding hydrogens is 244 g/mol. The van der Waals surface area contributed by atoms with Crippen molar-refractivity contribution in [3.8, 4) is 0 Å². The zero-order valence-corrected chi connectivity index (χ0v) is 8.47. The van der Waals surface area contributed by atoms with Crippen LogP contribution in [0.3, 0.4) is 0 Å². The van der Waals surface area contributed by atoms with Crippen LogP contribution in [-0.2, 0) is 6.54 Å². The van der Waals surface area contributed by atoms with E-state index in [1.807, 2.05) is 0 Å². The van der Waals surface area contributed by atoms with Gasteiger partial charge in [0.15, 0.2) is 5.82 Å². The number of nitrogens with zero attached hydrogens (tertiary/aromatic N) is 2. The van der Waals surface area contributed by atoms with Crippen LogP contribution in [0.5, 0.6) is 0 Å². The van der Waals surface area contributed by atoms with Crippen LogP contribution in [0.1, 0.15) is 12.8 Å². The average Bonchev–Trinajstić information content (AvgIpc) is 2.30. The number of nitrogens with two attached hydrogens (primary N) is 1. The van der Waals surface area contributed by atoms with E-state index in [4.69, 9.17) is 5.73 Å². The molecule has 3 nitrogen and oxygen atoms in total. The van der Waals surface area contributed by atoms with Gasteiger partial charge in [-0.05, 0) is 22.4 Å². The Hall–Kier alpha value is -0.650. The van der Waals surface area contributed by atoms with E-state index < -0.39 is 6.43 Å². The van der Waals surface area contributed by atoms with Crippen LogP contribution < -0.4 is 5.73 Å². The molecule has 0 atom stereocenters. The first kappa shape index (κ1) is 10.4. The maximum Gasteiger partial charge on any atom is 0.238 e. The molecule has 0 saturated carbocycles. The van der Waals surface area contributed by atoms with Gasteiger partial charge in [-0.3, -0.25) is 4.68 Å². The molecule has 6 heteroatoms. The Morgan fingerprint density at radius 3 is 2.77 bits per heavy atom. The molecule has 0 amide bonds. The van der Waals surface area contributed by atoms with Gasteiger partial charge in [0, 0.05) is 19.2 Å². The fourth-order valence-corrected chi connectivity index (χ4v) is 1.25. The maximum absolute atomic E-state index is 11.8. The van der Waals surface area contributed by atoms with Gasteiger partial charge in [-0.15, -0.1) is 0 Å². The zero-order chi connectivity index (χ0) is 9.84. The van der Waals surface area contributed by atoms with Gasteiger partial charge in [-0.2, -0.15) is 5.10 Å². The number of aromatic nitrogens is 2. The average molecular weight is 254 g/mol. The summed E-state index contributed by atoms with van der Waals surface area (Å²) in [4.78, 5) is 0. The summed E-state index contributed by atoms with van der Waals surface area (Å²) in [5.41, 5.74) is 5.45. The predicted molar refractivity (Wildman–Crippen MR) is 49.6 cm³/mol. The van der Waals surface area contributed by atoms with Crippen LogP contribution in [0.4, 0.5) is 14.6 Å². The second kappa shape index (κ2) is 4.55. The van der Waals surface area contributed by atoms with E-state index in [9.17, 15) is 8.78 Å². The smallest absolute Gasteiger partial charge is 0.238 e. The van der Waals surface area contributed by atoms with Gasteiger partial charge >= 0.3 is 0 Å². The van der Waals surface area contributed by atoms with Crippen molar-refractivity contribution in [3.05, 3.63) is 10.7 Å². The van der Waals surface area contributed by atoms with Crippen LogP contribution in [0.2, 0.25) is 0 Å². The summed E-state index contributed by atoms with van der Waals surface area (Å²) in [7, 11) is 0. The molecule has 1 aromatic rings. The normalized spacial score (nSPS) is 11.1. The summed E-state index contributed by atoms with van der Waals surface area (Å²) in [6.45, 7) is 0.472. The van der Waals surface area contributed by atoms with Gasteiger partial charge in [-0.1, -0.05) is 0 Å². The lowest BCUT2D eigenvalue weighted by Crippen LogP contribution is -2.01. The predicted octanol–water partition coefficient (Wildman–Crippen LogP) is 2.27. The van der Waals surface area contributed by atoms with Gasteiger partial charge in [0.2, 0.25) is 6.43 Å².